The number of hydrogen-bond acceptors (Lipinski definition) is 3. The molecule has 5 rings (SSSR count). The van der Waals surface area contributed by atoms with Crippen molar-refractivity contribution in [2.75, 3.05) is 6.54 Å². The summed E-state index contributed by atoms with van der Waals surface area (Å²) < 4.78 is 40.8. The lowest BCUT2D eigenvalue weighted by Crippen LogP contribution is -2.30. The molecule has 1 aliphatic rings. The van der Waals surface area contributed by atoms with Gasteiger partial charge >= 0.3 is 6.55 Å². The standard InChI is InChI=1S/C24H18F3N5O/c25-19-7-5-18(6-8-19)21-2-1-10-30(21)23(33)20-14-29-31-11-9-16(12-22(20)31)3-4-17-13-28-32(15-17)24(26)27/h5-9,11-15,21,24H,1-2,10H2/t21-/m0/s1. The molecule has 3 aromatic heterocycles. The monoisotopic (exact) mass is 449 g/mol. The normalized spacial score (nSPS) is 15.8. The van der Waals surface area contributed by atoms with Crippen molar-refractivity contribution in [1.29, 1.82) is 0 Å². The van der Waals surface area contributed by atoms with Crippen molar-refractivity contribution in [2.45, 2.75) is 25.4 Å². The third-order valence-electron chi connectivity index (χ3n) is 5.67. The zero-order valence-corrected chi connectivity index (χ0v) is 17.3. The summed E-state index contributed by atoms with van der Waals surface area (Å²) in [5, 5.41) is 7.84. The molecule has 4 heterocycles. The largest absolute Gasteiger partial charge is 0.333 e. The van der Waals surface area contributed by atoms with Gasteiger partial charge in [0.05, 0.1) is 35.1 Å². The molecule has 0 unspecified atom stereocenters. The first-order valence-corrected chi connectivity index (χ1v) is 10.4. The molecule has 0 saturated carbocycles. The molecule has 166 valence electrons. The highest BCUT2D eigenvalue weighted by Crippen LogP contribution is 2.33. The number of nitrogens with zero attached hydrogens (tertiary/aromatic N) is 5. The van der Waals surface area contributed by atoms with E-state index in [0.29, 0.717) is 33.4 Å². The molecule has 6 nitrogen and oxygen atoms in total. The molecule has 0 N–H and O–H groups in total. The first kappa shape index (κ1) is 20.8. The molecular formula is C24H18F3N5O. The Kier molecular flexibility index (Phi) is 5.34. The van der Waals surface area contributed by atoms with Crippen molar-refractivity contribution in [3.8, 4) is 11.8 Å². The summed E-state index contributed by atoms with van der Waals surface area (Å²) in [6, 6.07) is 9.59. The summed E-state index contributed by atoms with van der Waals surface area (Å²) in [6.45, 7) is -2.12. The molecule has 1 aliphatic heterocycles. The molecule has 4 aromatic rings. The first-order valence-electron chi connectivity index (χ1n) is 10.4. The third kappa shape index (κ3) is 4.07. The van der Waals surface area contributed by atoms with Crippen molar-refractivity contribution in [2.24, 2.45) is 0 Å². The van der Waals surface area contributed by atoms with E-state index in [2.05, 4.69) is 22.0 Å². The molecule has 1 saturated heterocycles. The third-order valence-corrected chi connectivity index (χ3v) is 5.67. The van der Waals surface area contributed by atoms with Crippen LogP contribution in [0.3, 0.4) is 0 Å². The molecular weight excluding hydrogens is 431 g/mol. The van der Waals surface area contributed by atoms with Crippen LogP contribution in [0.25, 0.3) is 5.52 Å². The predicted molar refractivity (Wildman–Crippen MR) is 114 cm³/mol. The molecule has 1 amide bonds. The van der Waals surface area contributed by atoms with Gasteiger partial charge in [0.25, 0.3) is 5.91 Å². The number of carbonyl (C=O) groups is 1. The minimum Gasteiger partial charge on any atom is -0.331 e. The summed E-state index contributed by atoms with van der Waals surface area (Å²) in [7, 11) is 0. The Morgan fingerprint density at radius 2 is 1.85 bits per heavy atom. The van der Waals surface area contributed by atoms with Gasteiger partial charge in [0, 0.05) is 24.5 Å². The van der Waals surface area contributed by atoms with E-state index in [4.69, 9.17) is 0 Å². The fourth-order valence-corrected chi connectivity index (χ4v) is 4.07. The summed E-state index contributed by atoms with van der Waals surface area (Å²) in [5.74, 6) is 5.26. The highest BCUT2D eigenvalue weighted by Gasteiger charge is 2.32. The fourth-order valence-electron chi connectivity index (χ4n) is 4.07. The lowest BCUT2D eigenvalue weighted by Gasteiger charge is -2.25. The minimum atomic E-state index is -2.72. The number of likely N-dealkylation sites (tertiary alicyclic amines) is 1. The summed E-state index contributed by atoms with van der Waals surface area (Å²) in [6.07, 6.45) is 7.33. The Balaban J connectivity index is 1.43. The highest BCUT2D eigenvalue weighted by atomic mass is 19.3. The SMILES string of the molecule is O=C(c1cnn2ccc(C#Cc3cnn(C(F)F)c3)cc12)N1CCC[C@H]1c1ccc(F)cc1. The average molecular weight is 449 g/mol. The zero-order valence-electron chi connectivity index (χ0n) is 17.3. The van der Waals surface area contributed by atoms with E-state index in [-0.39, 0.29) is 17.8 Å². The van der Waals surface area contributed by atoms with Gasteiger partial charge in [-0.1, -0.05) is 24.0 Å². The van der Waals surface area contributed by atoms with Crippen LogP contribution in [-0.4, -0.2) is 36.7 Å². The Bertz CT molecular complexity index is 1380. The van der Waals surface area contributed by atoms with E-state index in [1.165, 1.54) is 30.7 Å². The van der Waals surface area contributed by atoms with Crippen LogP contribution in [0.4, 0.5) is 13.2 Å². The van der Waals surface area contributed by atoms with Gasteiger partial charge in [-0.3, -0.25) is 4.79 Å². The Labute approximate surface area is 187 Å². The number of alkyl halides is 2. The van der Waals surface area contributed by atoms with E-state index in [1.54, 1.807) is 39.9 Å². The van der Waals surface area contributed by atoms with Gasteiger partial charge in [-0.15, -0.1) is 0 Å². The van der Waals surface area contributed by atoms with E-state index in [1.807, 2.05) is 0 Å². The van der Waals surface area contributed by atoms with Crippen LogP contribution in [0.5, 0.6) is 0 Å². The number of pyridine rings is 1. The number of benzene rings is 1. The van der Waals surface area contributed by atoms with Gasteiger partial charge in [0.2, 0.25) is 0 Å². The fraction of sp³-hybridized carbons (Fsp3) is 0.208. The number of carbonyl (C=O) groups excluding carboxylic acids is 1. The molecule has 33 heavy (non-hydrogen) atoms. The van der Waals surface area contributed by atoms with E-state index in [9.17, 15) is 18.0 Å². The zero-order chi connectivity index (χ0) is 22.9. The molecule has 9 heteroatoms. The summed E-state index contributed by atoms with van der Waals surface area (Å²) >= 11 is 0. The molecule has 1 aromatic carbocycles. The second-order valence-electron chi connectivity index (χ2n) is 7.75. The van der Waals surface area contributed by atoms with Gasteiger partial charge < -0.3 is 4.90 Å². The highest BCUT2D eigenvalue weighted by molar-refractivity contribution is 6.01. The molecule has 0 radical (unpaired) electrons. The first-order chi connectivity index (χ1) is 16.0. The van der Waals surface area contributed by atoms with Crippen LogP contribution in [0.2, 0.25) is 0 Å². The molecule has 1 fully saturated rings. The van der Waals surface area contributed by atoms with Gasteiger partial charge in [-0.25, -0.2) is 13.6 Å². The molecule has 0 spiro atoms. The minimum absolute atomic E-state index is 0.123. The molecule has 0 bridgehead atoms. The number of amides is 1. The van der Waals surface area contributed by atoms with E-state index >= 15 is 0 Å². The number of halogens is 3. The van der Waals surface area contributed by atoms with E-state index in [0.717, 1.165) is 18.4 Å². The number of rotatable bonds is 3. The van der Waals surface area contributed by atoms with Crippen LogP contribution in [0, 0.1) is 17.7 Å². The van der Waals surface area contributed by atoms with Gasteiger partial charge in [-0.05, 0) is 42.7 Å². The number of fused-ring (bicyclic) bond motifs is 1. The van der Waals surface area contributed by atoms with Crippen LogP contribution in [-0.2, 0) is 0 Å². The van der Waals surface area contributed by atoms with Crippen molar-refractivity contribution in [3.05, 3.63) is 89.3 Å². The van der Waals surface area contributed by atoms with Crippen LogP contribution < -0.4 is 0 Å². The number of hydrogen-bond donors (Lipinski definition) is 0. The lowest BCUT2D eigenvalue weighted by molar-refractivity contribution is 0.0565. The summed E-state index contributed by atoms with van der Waals surface area (Å²) in [4.78, 5) is 15.2. The Morgan fingerprint density at radius 1 is 1.06 bits per heavy atom. The van der Waals surface area contributed by atoms with Crippen LogP contribution in [0.1, 0.15) is 52.5 Å². The predicted octanol–water partition coefficient (Wildman–Crippen LogP) is 4.44. The maximum atomic E-state index is 13.4. The summed E-state index contributed by atoms with van der Waals surface area (Å²) in [5.41, 5.74) is 2.91. The Morgan fingerprint density at radius 3 is 2.61 bits per heavy atom. The Hall–Kier alpha value is -4.06. The lowest BCUT2D eigenvalue weighted by atomic mass is 10.0. The van der Waals surface area contributed by atoms with E-state index < -0.39 is 6.55 Å². The van der Waals surface area contributed by atoms with Crippen molar-refractivity contribution >= 4 is 11.4 Å². The average Bonchev–Trinajstić information content (AvgIpc) is 3.57. The van der Waals surface area contributed by atoms with Gasteiger partial charge in [-0.2, -0.15) is 19.0 Å². The maximum absolute atomic E-state index is 13.4. The molecule has 1 atom stereocenters. The molecule has 0 aliphatic carbocycles. The van der Waals surface area contributed by atoms with Crippen molar-refractivity contribution in [3.63, 3.8) is 0 Å². The quantitative estimate of drug-likeness (QED) is 0.435. The van der Waals surface area contributed by atoms with Gasteiger partial charge in [0.1, 0.15) is 5.82 Å². The van der Waals surface area contributed by atoms with Crippen molar-refractivity contribution < 1.29 is 18.0 Å². The van der Waals surface area contributed by atoms with Crippen LogP contribution >= 0.6 is 0 Å². The second kappa shape index (κ2) is 8.47. The maximum Gasteiger partial charge on any atom is 0.333 e. The van der Waals surface area contributed by atoms with Gasteiger partial charge in [0.15, 0.2) is 0 Å². The smallest absolute Gasteiger partial charge is 0.331 e. The number of aromatic nitrogens is 4. The topological polar surface area (TPSA) is 55.4 Å². The van der Waals surface area contributed by atoms with Crippen molar-refractivity contribution in [1.82, 2.24) is 24.3 Å². The van der Waals surface area contributed by atoms with Crippen LogP contribution in [0.15, 0.2) is 61.2 Å². The second-order valence-corrected chi connectivity index (χ2v) is 7.75.